The summed E-state index contributed by atoms with van der Waals surface area (Å²) in [5, 5.41) is 6.36. The molecular weight excluding hydrogens is 290 g/mol. The highest BCUT2D eigenvalue weighted by Gasteiger charge is 2.36. The van der Waals surface area contributed by atoms with E-state index in [2.05, 4.69) is 15.5 Å². The van der Waals surface area contributed by atoms with Crippen LogP contribution in [0.1, 0.15) is 10.4 Å². The van der Waals surface area contributed by atoms with Gasteiger partial charge >= 0.3 is 0 Å². The number of hydrogen-bond donors (Lipinski definition) is 2. The van der Waals surface area contributed by atoms with Crippen LogP contribution in [0.15, 0.2) is 24.3 Å². The van der Waals surface area contributed by atoms with Crippen molar-refractivity contribution in [2.45, 2.75) is 0 Å². The van der Waals surface area contributed by atoms with Crippen LogP contribution in [-0.2, 0) is 4.79 Å². The Kier molecular flexibility index (Phi) is 4.24. The second kappa shape index (κ2) is 6.13. The number of halogens is 1. The lowest BCUT2D eigenvalue weighted by Crippen LogP contribution is -2.40. The number of carbonyl (C=O) groups excluding carboxylic acids is 2. The SMILES string of the molecule is O=C(CN1C[C@H]2CNC[C@H]2C1)NC(=O)c1ccc(Cl)cc1. The number of carbonyl (C=O) groups is 2. The first kappa shape index (κ1) is 14.5. The molecule has 0 unspecified atom stereocenters. The van der Waals surface area contributed by atoms with Gasteiger partial charge < -0.3 is 5.32 Å². The molecule has 2 heterocycles. The number of fused-ring (bicyclic) bond motifs is 1. The molecular formula is C15H18ClN3O2. The second-order valence-electron chi connectivity index (χ2n) is 5.76. The number of nitrogens with zero attached hydrogens (tertiary/aromatic N) is 1. The summed E-state index contributed by atoms with van der Waals surface area (Å²) >= 11 is 5.77. The van der Waals surface area contributed by atoms with Crippen LogP contribution in [0.25, 0.3) is 0 Å². The molecule has 2 N–H and O–H groups in total. The van der Waals surface area contributed by atoms with Crippen molar-refractivity contribution in [3.63, 3.8) is 0 Å². The number of hydrogen-bond acceptors (Lipinski definition) is 4. The van der Waals surface area contributed by atoms with Gasteiger partial charge in [0.15, 0.2) is 0 Å². The fourth-order valence-electron chi connectivity index (χ4n) is 3.12. The molecule has 5 nitrogen and oxygen atoms in total. The molecule has 3 rings (SSSR count). The topological polar surface area (TPSA) is 61.4 Å². The quantitative estimate of drug-likeness (QED) is 0.865. The fraction of sp³-hybridized carbons (Fsp3) is 0.467. The predicted molar refractivity (Wildman–Crippen MR) is 80.2 cm³/mol. The third-order valence-electron chi connectivity index (χ3n) is 4.19. The largest absolute Gasteiger partial charge is 0.316 e. The van der Waals surface area contributed by atoms with Crippen molar-refractivity contribution in [2.24, 2.45) is 11.8 Å². The first-order valence-electron chi connectivity index (χ1n) is 7.14. The Balaban J connectivity index is 1.50. The molecule has 0 radical (unpaired) electrons. The number of imide groups is 1. The highest BCUT2D eigenvalue weighted by molar-refractivity contribution is 6.30. The lowest BCUT2D eigenvalue weighted by Gasteiger charge is -2.16. The van der Waals surface area contributed by atoms with Crippen LogP contribution >= 0.6 is 11.6 Å². The van der Waals surface area contributed by atoms with Crippen LogP contribution in [0.4, 0.5) is 0 Å². The average molecular weight is 308 g/mol. The highest BCUT2D eigenvalue weighted by atomic mass is 35.5. The Bertz CT molecular complexity index is 534. The van der Waals surface area contributed by atoms with Gasteiger partial charge in [-0.15, -0.1) is 0 Å². The van der Waals surface area contributed by atoms with E-state index in [-0.39, 0.29) is 18.4 Å². The summed E-state index contributed by atoms with van der Waals surface area (Å²) in [6.45, 7) is 4.21. The molecule has 0 saturated carbocycles. The van der Waals surface area contributed by atoms with Crippen molar-refractivity contribution in [1.82, 2.24) is 15.5 Å². The summed E-state index contributed by atoms with van der Waals surface area (Å²) in [4.78, 5) is 26.0. The molecule has 1 aromatic rings. The zero-order chi connectivity index (χ0) is 14.8. The Morgan fingerprint density at radius 1 is 1.19 bits per heavy atom. The fourth-order valence-corrected chi connectivity index (χ4v) is 3.25. The molecule has 2 fully saturated rings. The van der Waals surface area contributed by atoms with Gasteiger partial charge in [-0.05, 0) is 49.2 Å². The first-order valence-corrected chi connectivity index (χ1v) is 7.52. The molecule has 2 aliphatic rings. The molecule has 2 saturated heterocycles. The van der Waals surface area contributed by atoms with Crippen LogP contribution in [0, 0.1) is 11.8 Å². The van der Waals surface area contributed by atoms with Gasteiger partial charge in [0, 0.05) is 23.7 Å². The third kappa shape index (κ3) is 3.43. The summed E-state index contributed by atoms with van der Waals surface area (Å²) in [6.07, 6.45) is 0. The molecule has 2 amide bonds. The maximum Gasteiger partial charge on any atom is 0.257 e. The van der Waals surface area contributed by atoms with E-state index in [0.717, 1.165) is 26.2 Å². The molecule has 0 aromatic heterocycles. The number of rotatable bonds is 3. The lowest BCUT2D eigenvalue weighted by atomic mass is 10.0. The minimum Gasteiger partial charge on any atom is -0.316 e. The van der Waals surface area contributed by atoms with Crippen molar-refractivity contribution in [3.8, 4) is 0 Å². The second-order valence-corrected chi connectivity index (χ2v) is 6.19. The molecule has 0 spiro atoms. The summed E-state index contributed by atoms with van der Waals surface area (Å²) in [5.41, 5.74) is 0.440. The molecule has 6 heteroatoms. The zero-order valence-corrected chi connectivity index (χ0v) is 12.4. The smallest absolute Gasteiger partial charge is 0.257 e. The van der Waals surface area contributed by atoms with Gasteiger partial charge in [0.25, 0.3) is 5.91 Å². The Morgan fingerprint density at radius 2 is 1.81 bits per heavy atom. The van der Waals surface area contributed by atoms with E-state index in [1.807, 2.05) is 0 Å². The Labute approximate surface area is 128 Å². The minimum absolute atomic E-state index is 0.247. The molecule has 2 aliphatic heterocycles. The van der Waals surface area contributed by atoms with Crippen LogP contribution in [-0.4, -0.2) is 49.4 Å². The zero-order valence-electron chi connectivity index (χ0n) is 11.6. The van der Waals surface area contributed by atoms with Crippen molar-refractivity contribution >= 4 is 23.4 Å². The van der Waals surface area contributed by atoms with Crippen LogP contribution < -0.4 is 10.6 Å². The van der Waals surface area contributed by atoms with Crippen molar-refractivity contribution in [1.29, 1.82) is 0 Å². The first-order chi connectivity index (χ1) is 10.1. The normalized spacial score (nSPS) is 24.8. The maximum absolute atomic E-state index is 12.0. The summed E-state index contributed by atoms with van der Waals surface area (Å²) in [5.74, 6) is 0.662. The molecule has 112 valence electrons. The van der Waals surface area contributed by atoms with E-state index < -0.39 is 0 Å². The summed E-state index contributed by atoms with van der Waals surface area (Å²) in [6, 6.07) is 6.49. The molecule has 1 aromatic carbocycles. The molecule has 2 atom stereocenters. The van der Waals surface area contributed by atoms with Gasteiger partial charge in [0.05, 0.1) is 6.54 Å². The van der Waals surface area contributed by atoms with Crippen LogP contribution in [0.5, 0.6) is 0 Å². The maximum atomic E-state index is 12.0. The van der Waals surface area contributed by atoms with Gasteiger partial charge in [-0.1, -0.05) is 11.6 Å². The van der Waals surface area contributed by atoms with Gasteiger partial charge in [0.2, 0.25) is 5.91 Å². The number of likely N-dealkylation sites (tertiary alicyclic amines) is 1. The van der Waals surface area contributed by atoms with Gasteiger partial charge in [-0.2, -0.15) is 0 Å². The van der Waals surface area contributed by atoms with E-state index in [1.165, 1.54) is 0 Å². The summed E-state index contributed by atoms with van der Waals surface area (Å²) in [7, 11) is 0. The van der Waals surface area contributed by atoms with Crippen LogP contribution in [0.2, 0.25) is 5.02 Å². The average Bonchev–Trinajstić information content (AvgIpc) is 3.00. The standard InChI is InChI=1S/C15H18ClN3O2/c16-13-3-1-10(2-4-13)15(21)18-14(20)9-19-7-11-5-17-6-12(11)8-19/h1-4,11-12,17H,5-9H2,(H,18,20,21)/t11-,12+. The van der Waals surface area contributed by atoms with Crippen LogP contribution in [0.3, 0.4) is 0 Å². The van der Waals surface area contributed by atoms with Crippen molar-refractivity contribution < 1.29 is 9.59 Å². The van der Waals surface area contributed by atoms with E-state index >= 15 is 0 Å². The molecule has 21 heavy (non-hydrogen) atoms. The Hall–Kier alpha value is -1.43. The number of benzene rings is 1. The van der Waals surface area contributed by atoms with E-state index in [0.29, 0.717) is 22.4 Å². The number of nitrogens with one attached hydrogen (secondary N) is 2. The predicted octanol–water partition coefficient (Wildman–Crippen LogP) is 0.748. The van der Waals surface area contributed by atoms with Gasteiger partial charge in [-0.25, -0.2) is 0 Å². The minimum atomic E-state index is -0.377. The highest BCUT2D eigenvalue weighted by Crippen LogP contribution is 2.25. The lowest BCUT2D eigenvalue weighted by molar-refractivity contribution is -0.121. The van der Waals surface area contributed by atoms with Crippen molar-refractivity contribution in [3.05, 3.63) is 34.9 Å². The molecule has 0 aliphatic carbocycles. The van der Waals surface area contributed by atoms with E-state index in [1.54, 1.807) is 24.3 Å². The van der Waals surface area contributed by atoms with E-state index in [4.69, 9.17) is 11.6 Å². The number of amides is 2. The molecule has 0 bridgehead atoms. The Morgan fingerprint density at radius 3 is 2.43 bits per heavy atom. The monoisotopic (exact) mass is 307 g/mol. The summed E-state index contributed by atoms with van der Waals surface area (Å²) < 4.78 is 0. The van der Waals surface area contributed by atoms with E-state index in [9.17, 15) is 9.59 Å². The van der Waals surface area contributed by atoms with Gasteiger partial charge in [-0.3, -0.25) is 19.8 Å². The van der Waals surface area contributed by atoms with Gasteiger partial charge in [0.1, 0.15) is 0 Å². The van der Waals surface area contributed by atoms with Crippen molar-refractivity contribution in [2.75, 3.05) is 32.7 Å². The third-order valence-corrected chi connectivity index (χ3v) is 4.44.